The van der Waals surface area contributed by atoms with E-state index in [0.29, 0.717) is 15.6 Å². The van der Waals surface area contributed by atoms with Crippen LogP contribution in [0.3, 0.4) is 0 Å². The fourth-order valence-corrected chi connectivity index (χ4v) is 7.47. The minimum absolute atomic E-state index is 0.642. The number of thiocarbonyl (C=S) groups is 2. The van der Waals surface area contributed by atoms with Gasteiger partial charge in [0.2, 0.25) is 0 Å². The third kappa shape index (κ3) is 5.53. The number of rotatable bonds is 7. The highest BCUT2D eigenvalue weighted by Gasteiger charge is 2.17. The van der Waals surface area contributed by atoms with Crippen molar-refractivity contribution in [2.45, 2.75) is 0 Å². The molecule has 9 aromatic rings. The molecule has 7 aromatic carbocycles. The van der Waals surface area contributed by atoms with Gasteiger partial charge in [0.05, 0.1) is 26.5 Å². The molecule has 51 heavy (non-hydrogen) atoms. The number of hydrogen-bond donors (Lipinski definition) is 0. The van der Waals surface area contributed by atoms with Gasteiger partial charge in [-0.1, -0.05) is 176 Å². The van der Waals surface area contributed by atoms with Crippen LogP contribution in [0.2, 0.25) is 0 Å². The average molecular weight is 688 g/mol. The molecule has 0 saturated carbocycles. The Hall–Kier alpha value is -6.14. The predicted molar refractivity (Wildman–Crippen MR) is 220 cm³/mol. The first-order chi connectivity index (χ1) is 25.1. The van der Waals surface area contributed by atoms with E-state index in [0.717, 1.165) is 44.8 Å². The summed E-state index contributed by atoms with van der Waals surface area (Å²) in [5.74, 6) is 0.684. The summed E-state index contributed by atoms with van der Waals surface area (Å²) in [6.07, 6.45) is 1.92. The molecule has 9 rings (SSSR count). The normalized spacial score (nSPS) is 11.3. The maximum absolute atomic E-state index is 6.00. The lowest BCUT2D eigenvalue weighted by Gasteiger charge is -2.13. The van der Waals surface area contributed by atoms with Crippen molar-refractivity contribution in [3.8, 4) is 39.5 Å². The van der Waals surface area contributed by atoms with Gasteiger partial charge >= 0.3 is 0 Å². The van der Waals surface area contributed by atoms with Gasteiger partial charge in [0.25, 0.3) is 0 Å². The summed E-state index contributed by atoms with van der Waals surface area (Å²) >= 11 is 12.0. The molecule has 3 nitrogen and oxygen atoms in total. The van der Waals surface area contributed by atoms with Gasteiger partial charge < -0.3 is 4.57 Å². The standard InChI is InChI=1S/C46H29N3S2/c50-44(33-21-19-32(20-22-33)42-40(30-11-3-1-4-12-30)29-47-46(48-42)35-14-5-2-6-15-35)45(51)34-23-26-36(27-24-34)49-41-18-10-9-17-38(41)39-28-25-31-13-7-8-16-37(31)43(39)49/h1-29H. The lowest BCUT2D eigenvalue weighted by Crippen LogP contribution is -2.12. The van der Waals surface area contributed by atoms with Crippen LogP contribution in [0, 0.1) is 0 Å². The van der Waals surface area contributed by atoms with Crippen molar-refractivity contribution in [2.24, 2.45) is 0 Å². The molecule has 0 fully saturated rings. The van der Waals surface area contributed by atoms with Gasteiger partial charge in [-0.3, -0.25) is 0 Å². The zero-order valence-electron chi connectivity index (χ0n) is 27.4. The van der Waals surface area contributed by atoms with Gasteiger partial charge in [0.1, 0.15) is 0 Å². The van der Waals surface area contributed by atoms with E-state index in [9.17, 15) is 0 Å². The summed E-state index contributed by atoms with van der Waals surface area (Å²) in [7, 11) is 0. The van der Waals surface area contributed by atoms with E-state index in [1.165, 1.54) is 32.6 Å². The maximum atomic E-state index is 6.00. The van der Waals surface area contributed by atoms with Gasteiger partial charge in [-0.15, -0.1) is 0 Å². The summed E-state index contributed by atoms with van der Waals surface area (Å²) in [6.45, 7) is 0. The number of aromatic nitrogens is 3. The fourth-order valence-electron chi connectivity index (χ4n) is 6.96. The topological polar surface area (TPSA) is 30.7 Å². The van der Waals surface area contributed by atoms with Crippen molar-refractivity contribution in [3.63, 3.8) is 0 Å². The van der Waals surface area contributed by atoms with Crippen molar-refractivity contribution in [3.05, 3.63) is 187 Å². The van der Waals surface area contributed by atoms with E-state index in [1.54, 1.807) is 0 Å². The van der Waals surface area contributed by atoms with Crippen LogP contribution in [-0.2, 0) is 0 Å². The molecule has 0 amide bonds. The molecule has 0 bridgehead atoms. The molecule has 0 unspecified atom stereocenters. The van der Waals surface area contributed by atoms with Crippen LogP contribution in [0.15, 0.2) is 176 Å². The van der Waals surface area contributed by atoms with Crippen molar-refractivity contribution in [2.75, 3.05) is 0 Å². The number of para-hydroxylation sites is 1. The molecule has 0 aliphatic heterocycles. The van der Waals surface area contributed by atoms with Crippen LogP contribution >= 0.6 is 24.4 Å². The Labute approximate surface area is 306 Å². The Morgan fingerprint density at radius 3 is 1.76 bits per heavy atom. The highest BCUT2D eigenvalue weighted by molar-refractivity contribution is 7.90. The van der Waals surface area contributed by atoms with Gasteiger partial charge in [0.15, 0.2) is 5.82 Å². The van der Waals surface area contributed by atoms with E-state index < -0.39 is 0 Å². The summed E-state index contributed by atoms with van der Waals surface area (Å²) in [4.78, 5) is 11.1. The SMILES string of the molecule is S=C(C(=S)c1ccc(-n2c3ccccc3c3ccc4ccccc4c32)cc1)c1ccc(-c2nc(-c3ccccc3)ncc2-c2ccccc2)cc1. The fraction of sp³-hybridized carbons (Fsp3) is 0. The van der Waals surface area contributed by atoms with Crippen molar-refractivity contribution in [1.82, 2.24) is 14.5 Å². The zero-order chi connectivity index (χ0) is 34.3. The second-order valence-corrected chi connectivity index (χ2v) is 13.3. The van der Waals surface area contributed by atoms with E-state index in [1.807, 2.05) is 66.9 Å². The summed E-state index contributed by atoms with van der Waals surface area (Å²) in [5.41, 5.74) is 10.1. The van der Waals surface area contributed by atoms with Crippen LogP contribution in [-0.4, -0.2) is 24.3 Å². The first kappa shape index (κ1) is 30.9. The molecule has 0 aliphatic carbocycles. The third-order valence-corrected chi connectivity index (χ3v) is 10.5. The molecular weight excluding hydrogens is 659 g/mol. The molecule has 2 heterocycles. The number of fused-ring (bicyclic) bond motifs is 5. The quantitative estimate of drug-likeness (QED) is 0.123. The van der Waals surface area contributed by atoms with Gasteiger partial charge in [-0.25, -0.2) is 9.97 Å². The molecule has 2 aromatic heterocycles. The molecule has 0 N–H and O–H groups in total. The second kappa shape index (κ2) is 13.0. The van der Waals surface area contributed by atoms with E-state index in [4.69, 9.17) is 34.4 Å². The van der Waals surface area contributed by atoms with Crippen molar-refractivity contribution >= 4 is 66.7 Å². The molecular formula is C46H29N3S2. The van der Waals surface area contributed by atoms with Crippen LogP contribution in [0.4, 0.5) is 0 Å². The largest absolute Gasteiger partial charge is 0.309 e. The Balaban J connectivity index is 1.04. The smallest absolute Gasteiger partial charge is 0.159 e. The highest BCUT2D eigenvalue weighted by Crippen LogP contribution is 2.37. The van der Waals surface area contributed by atoms with Crippen molar-refractivity contribution < 1.29 is 0 Å². The van der Waals surface area contributed by atoms with Gasteiger partial charge in [0, 0.05) is 44.7 Å². The minimum Gasteiger partial charge on any atom is -0.309 e. The summed E-state index contributed by atoms with van der Waals surface area (Å²) in [6, 6.07) is 58.6. The second-order valence-electron chi connectivity index (χ2n) is 12.5. The minimum atomic E-state index is 0.642. The lowest BCUT2D eigenvalue weighted by molar-refractivity contribution is 1.18. The molecule has 0 radical (unpaired) electrons. The molecule has 5 heteroatoms. The Kier molecular flexibility index (Phi) is 7.85. The maximum Gasteiger partial charge on any atom is 0.159 e. The number of benzene rings is 7. The summed E-state index contributed by atoms with van der Waals surface area (Å²) < 4.78 is 2.36. The Morgan fingerprint density at radius 1 is 0.471 bits per heavy atom. The lowest BCUT2D eigenvalue weighted by atomic mass is 9.98. The van der Waals surface area contributed by atoms with Crippen LogP contribution < -0.4 is 0 Å². The molecule has 0 spiro atoms. The van der Waals surface area contributed by atoms with Gasteiger partial charge in [-0.05, 0) is 40.3 Å². The summed E-state index contributed by atoms with van der Waals surface area (Å²) in [5, 5.41) is 4.92. The van der Waals surface area contributed by atoms with Crippen molar-refractivity contribution in [1.29, 1.82) is 0 Å². The van der Waals surface area contributed by atoms with Gasteiger partial charge in [-0.2, -0.15) is 0 Å². The molecule has 0 saturated heterocycles. The van der Waals surface area contributed by atoms with E-state index >= 15 is 0 Å². The molecule has 240 valence electrons. The highest BCUT2D eigenvalue weighted by atomic mass is 32.1. The van der Waals surface area contributed by atoms with E-state index in [-0.39, 0.29) is 0 Å². The predicted octanol–water partition coefficient (Wildman–Crippen LogP) is 11.9. The van der Waals surface area contributed by atoms with Crippen LogP contribution in [0.25, 0.3) is 72.0 Å². The monoisotopic (exact) mass is 687 g/mol. The van der Waals surface area contributed by atoms with Crippen LogP contribution in [0.5, 0.6) is 0 Å². The number of nitrogens with zero attached hydrogens (tertiary/aromatic N) is 3. The Morgan fingerprint density at radius 2 is 1.06 bits per heavy atom. The first-order valence-electron chi connectivity index (χ1n) is 16.8. The number of hydrogen-bond acceptors (Lipinski definition) is 4. The molecule has 0 atom stereocenters. The van der Waals surface area contributed by atoms with E-state index in [2.05, 4.69) is 114 Å². The molecule has 0 aliphatic rings. The first-order valence-corrected chi connectivity index (χ1v) is 17.6. The Bertz CT molecular complexity index is 2750. The zero-order valence-corrected chi connectivity index (χ0v) is 29.0. The third-order valence-electron chi connectivity index (χ3n) is 9.48. The average Bonchev–Trinajstić information content (AvgIpc) is 3.56. The van der Waals surface area contributed by atoms with Crippen LogP contribution in [0.1, 0.15) is 11.1 Å².